The second-order valence-electron chi connectivity index (χ2n) is 6.05. The second-order valence-corrected chi connectivity index (χ2v) is 7.16. The molecule has 2 rings (SSSR count). The fourth-order valence-electron chi connectivity index (χ4n) is 3.01. The molecule has 23 heavy (non-hydrogen) atoms. The van der Waals surface area contributed by atoms with Crippen molar-refractivity contribution in [1.29, 1.82) is 0 Å². The fourth-order valence-corrected chi connectivity index (χ4v) is 4.29. The molecular formula is C18H27NO3S. The van der Waals surface area contributed by atoms with Gasteiger partial charge in [-0.25, -0.2) is 4.79 Å². The Morgan fingerprint density at radius 2 is 1.87 bits per heavy atom. The largest absolute Gasteiger partial charge is 0.462 e. The number of anilines is 1. The number of carbonyl (C=O) groups is 2. The Morgan fingerprint density at radius 3 is 2.52 bits per heavy atom. The number of esters is 1. The third-order valence-corrected chi connectivity index (χ3v) is 5.61. The number of amides is 1. The standard InChI is InChI=1S/C18H27NO3S/c1-4-11-22-18(21)15-13-9-7-8-10-14(13)23-17(15)19-16(20)12(5-2)6-3/h12H,4-11H2,1-3H3,(H,19,20). The van der Waals surface area contributed by atoms with Crippen molar-refractivity contribution in [2.75, 3.05) is 11.9 Å². The summed E-state index contributed by atoms with van der Waals surface area (Å²) in [4.78, 5) is 26.1. The van der Waals surface area contributed by atoms with E-state index in [1.54, 1.807) is 11.3 Å². The number of hydrogen-bond donors (Lipinski definition) is 1. The monoisotopic (exact) mass is 337 g/mol. The molecule has 1 heterocycles. The van der Waals surface area contributed by atoms with Crippen LogP contribution in [0.3, 0.4) is 0 Å². The van der Waals surface area contributed by atoms with Crippen LogP contribution < -0.4 is 5.32 Å². The first-order chi connectivity index (χ1) is 11.1. The third kappa shape index (κ3) is 4.14. The lowest BCUT2D eigenvalue weighted by molar-refractivity contribution is -0.120. The number of ether oxygens (including phenoxy) is 1. The van der Waals surface area contributed by atoms with E-state index in [4.69, 9.17) is 4.74 Å². The smallest absolute Gasteiger partial charge is 0.341 e. The topological polar surface area (TPSA) is 55.4 Å². The van der Waals surface area contributed by atoms with E-state index in [1.165, 1.54) is 4.88 Å². The van der Waals surface area contributed by atoms with Crippen LogP contribution in [0.5, 0.6) is 0 Å². The molecule has 0 unspecified atom stereocenters. The van der Waals surface area contributed by atoms with Crippen LogP contribution in [-0.4, -0.2) is 18.5 Å². The number of hydrogen-bond acceptors (Lipinski definition) is 4. The number of thiophene rings is 1. The van der Waals surface area contributed by atoms with E-state index < -0.39 is 0 Å². The summed E-state index contributed by atoms with van der Waals surface area (Å²) in [5.74, 6) is -0.280. The Kier molecular flexibility index (Phi) is 6.63. The average molecular weight is 337 g/mol. The highest BCUT2D eigenvalue weighted by atomic mass is 32.1. The van der Waals surface area contributed by atoms with Crippen molar-refractivity contribution < 1.29 is 14.3 Å². The molecule has 0 aromatic carbocycles. The van der Waals surface area contributed by atoms with E-state index >= 15 is 0 Å². The van der Waals surface area contributed by atoms with Crippen molar-refractivity contribution >= 4 is 28.2 Å². The van der Waals surface area contributed by atoms with E-state index in [9.17, 15) is 9.59 Å². The predicted octanol–water partition coefficient (Wildman–Crippen LogP) is 4.57. The summed E-state index contributed by atoms with van der Waals surface area (Å²) in [6.07, 6.45) is 6.56. The van der Waals surface area contributed by atoms with Gasteiger partial charge >= 0.3 is 5.97 Å². The van der Waals surface area contributed by atoms with Crippen LogP contribution in [0, 0.1) is 5.92 Å². The number of aryl methyl sites for hydroxylation is 1. The molecule has 4 nitrogen and oxygen atoms in total. The third-order valence-electron chi connectivity index (χ3n) is 4.41. The van der Waals surface area contributed by atoms with Crippen LogP contribution >= 0.6 is 11.3 Å². The Balaban J connectivity index is 2.28. The molecule has 1 amide bonds. The maximum Gasteiger partial charge on any atom is 0.341 e. The van der Waals surface area contributed by atoms with Gasteiger partial charge in [0.25, 0.3) is 0 Å². The van der Waals surface area contributed by atoms with E-state index in [-0.39, 0.29) is 17.8 Å². The summed E-state index contributed by atoms with van der Waals surface area (Å²) in [5, 5.41) is 3.70. The van der Waals surface area contributed by atoms with Gasteiger partial charge in [0, 0.05) is 10.8 Å². The highest BCUT2D eigenvalue weighted by Crippen LogP contribution is 2.39. The molecule has 1 N–H and O–H groups in total. The normalized spacial score (nSPS) is 13.7. The minimum absolute atomic E-state index is 0.00589. The van der Waals surface area contributed by atoms with Crippen LogP contribution in [0.1, 0.15) is 73.7 Å². The van der Waals surface area contributed by atoms with Gasteiger partial charge < -0.3 is 10.1 Å². The van der Waals surface area contributed by atoms with Crippen molar-refractivity contribution in [2.24, 2.45) is 5.92 Å². The summed E-state index contributed by atoms with van der Waals surface area (Å²) < 4.78 is 5.35. The molecule has 0 saturated heterocycles. The predicted molar refractivity (Wildman–Crippen MR) is 94.2 cm³/mol. The number of nitrogens with one attached hydrogen (secondary N) is 1. The summed E-state index contributed by atoms with van der Waals surface area (Å²) in [5.41, 5.74) is 1.71. The molecule has 0 atom stereocenters. The van der Waals surface area contributed by atoms with Gasteiger partial charge in [0.05, 0.1) is 12.2 Å². The minimum atomic E-state index is -0.286. The van der Waals surface area contributed by atoms with Gasteiger partial charge in [-0.1, -0.05) is 20.8 Å². The van der Waals surface area contributed by atoms with E-state index in [1.807, 2.05) is 20.8 Å². The molecule has 0 radical (unpaired) electrons. The van der Waals surface area contributed by atoms with Gasteiger partial charge in [-0.2, -0.15) is 0 Å². The zero-order valence-electron chi connectivity index (χ0n) is 14.4. The lowest BCUT2D eigenvalue weighted by Gasteiger charge is -2.14. The Labute approximate surface area is 142 Å². The Bertz CT molecular complexity index is 561. The summed E-state index contributed by atoms with van der Waals surface area (Å²) in [6, 6.07) is 0. The van der Waals surface area contributed by atoms with Gasteiger partial charge in [-0.3, -0.25) is 4.79 Å². The van der Waals surface area contributed by atoms with Crippen LogP contribution in [-0.2, 0) is 22.4 Å². The fraction of sp³-hybridized carbons (Fsp3) is 0.667. The molecule has 0 aliphatic heterocycles. The highest BCUT2D eigenvalue weighted by Gasteiger charge is 2.28. The van der Waals surface area contributed by atoms with Crippen molar-refractivity contribution in [1.82, 2.24) is 0 Å². The molecule has 0 saturated carbocycles. The molecule has 1 aliphatic carbocycles. The molecule has 1 aromatic rings. The van der Waals surface area contributed by atoms with Gasteiger partial charge in [0.2, 0.25) is 5.91 Å². The second kappa shape index (κ2) is 8.48. The molecule has 0 fully saturated rings. The molecule has 0 bridgehead atoms. The van der Waals surface area contributed by atoms with Gasteiger partial charge in [-0.05, 0) is 50.5 Å². The SMILES string of the molecule is CCCOC(=O)c1c(NC(=O)C(CC)CC)sc2c1CCCC2. The zero-order chi connectivity index (χ0) is 16.8. The van der Waals surface area contributed by atoms with Crippen LogP contribution in [0.25, 0.3) is 0 Å². The first-order valence-corrected chi connectivity index (χ1v) is 9.56. The number of fused-ring (bicyclic) bond motifs is 1. The lowest BCUT2D eigenvalue weighted by atomic mass is 9.95. The van der Waals surface area contributed by atoms with Gasteiger partial charge in [0.1, 0.15) is 5.00 Å². The van der Waals surface area contributed by atoms with Crippen LogP contribution in [0.15, 0.2) is 0 Å². The molecule has 5 heteroatoms. The number of carbonyl (C=O) groups excluding carboxylic acids is 2. The van der Waals surface area contributed by atoms with Crippen molar-refractivity contribution in [3.05, 3.63) is 16.0 Å². The molecule has 1 aliphatic rings. The zero-order valence-corrected chi connectivity index (χ0v) is 15.2. The van der Waals surface area contributed by atoms with E-state index in [0.29, 0.717) is 17.2 Å². The Morgan fingerprint density at radius 1 is 1.17 bits per heavy atom. The van der Waals surface area contributed by atoms with Crippen molar-refractivity contribution in [3.63, 3.8) is 0 Å². The van der Waals surface area contributed by atoms with E-state index in [2.05, 4.69) is 5.32 Å². The quantitative estimate of drug-likeness (QED) is 0.742. The summed E-state index contributed by atoms with van der Waals surface area (Å²) >= 11 is 1.56. The van der Waals surface area contributed by atoms with Crippen LogP contribution in [0.2, 0.25) is 0 Å². The first kappa shape index (κ1) is 18.0. The molecule has 128 valence electrons. The van der Waals surface area contributed by atoms with E-state index in [0.717, 1.165) is 50.5 Å². The maximum atomic E-state index is 12.5. The van der Waals surface area contributed by atoms with Crippen LogP contribution in [0.4, 0.5) is 5.00 Å². The lowest BCUT2D eigenvalue weighted by Crippen LogP contribution is -2.22. The summed E-state index contributed by atoms with van der Waals surface area (Å²) in [6.45, 7) is 6.43. The minimum Gasteiger partial charge on any atom is -0.462 e. The molecule has 1 aromatic heterocycles. The first-order valence-electron chi connectivity index (χ1n) is 8.74. The number of rotatable bonds is 7. The van der Waals surface area contributed by atoms with Crippen molar-refractivity contribution in [2.45, 2.75) is 65.7 Å². The highest BCUT2D eigenvalue weighted by molar-refractivity contribution is 7.17. The van der Waals surface area contributed by atoms with Crippen molar-refractivity contribution in [3.8, 4) is 0 Å². The Hall–Kier alpha value is -1.36. The molecular weight excluding hydrogens is 310 g/mol. The maximum absolute atomic E-state index is 12.5. The summed E-state index contributed by atoms with van der Waals surface area (Å²) in [7, 11) is 0. The average Bonchev–Trinajstić information content (AvgIpc) is 2.91. The molecule has 0 spiro atoms. The van der Waals surface area contributed by atoms with Gasteiger partial charge in [0.15, 0.2) is 0 Å². The van der Waals surface area contributed by atoms with Gasteiger partial charge in [-0.15, -0.1) is 11.3 Å².